The number of carboxylic acids is 2. The zero-order chi connectivity index (χ0) is 17.2. The third-order valence-corrected chi connectivity index (χ3v) is 3.87. The van der Waals surface area contributed by atoms with E-state index in [2.05, 4.69) is 0 Å². The minimum atomic E-state index is -1.07. The zero-order valence-corrected chi connectivity index (χ0v) is 13.1. The van der Waals surface area contributed by atoms with Crippen LogP contribution in [0.25, 0.3) is 0 Å². The maximum atomic E-state index is 12.7. The number of carboxylic acid groups (broad SMARTS) is 2. The molecule has 0 aromatic carbocycles. The summed E-state index contributed by atoms with van der Waals surface area (Å²) in [5.74, 6) is -2.86. The number of rotatable bonds is 6. The summed E-state index contributed by atoms with van der Waals surface area (Å²) < 4.78 is 0. The van der Waals surface area contributed by atoms with Gasteiger partial charge in [0.25, 0.3) is 0 Å². The third-order valence-electron chi connectivity index (χ3n) is 3.87. The van der Waals surface area contributed by atoms with Crippen molar-refractivity contribution in [1.29, 1.82) is 0 Å². The second-order valence-corrected chi connectivity index (χ2v) is 6.11. The molecule has 1 aliphatic rings. The van der Waals surface area contributed by atoms with Crippen LogP contribution >= 0.6 is 0 Å². The lowest BCUT2D eigenvalue weighted by atomic mass is 9.70. The van der Waals surface area contributed by atoms with Gasteiger partial charge in [-0.25, -0.2) is 0 Å². The first-order valence-electron chi connectivity index (χ1n) is 6.93. The van der Waals surface area contributed by atoms with Crippen LogP contribution in [0.5, 0.6) is 0 Å². The Morgan fingerprint density at radius 3 is 1.95 bits per heavy atom. The van der Waals surface area contributed by atoms with E-state index in [1.807, 2.05) is 0 Å². The molecule has 6 nitrogen and oxygen atoms in total. The molecule has 0 aromatic heterocycles. The van der Waals surface area contributed by atoms with Gasteiger partial charge in [0, 0.05) is 34.1 Å². The molecule has 0 atom stereocenters. The monoisotopic (exact) mass is 308 g/mol. The van der Waals surface area contributed by atoms with Gasteiger partial charge >= 0.3 is 11.9 Å². The normalized spacial score (nSPS) is 16.4. The van der Waals surface area contributed by atoms with Gasteiger partial charge in [-0.1, -0.05) is 13.8 Å². The number of aliphatic carboxylic acids is 2. The fourth-order valence-corrected chi connectivity index (χ4v) is 2.84. The van der Waals surface area contributed by atoms with E-state index in [1.165, 1.54) is 13.8 Å². The molecule has 0 heterocycles. The highest BCUT2D eigenvalue weighted by molar-refractivity contribution is 6.25. The van der Waals surface area contributed by atoms with Gasteiger partial charge in [0.15, 0.2) is 11.6 Å². The second-order valence-electron chi connectivity index (χ2n) is 6.11. The molecule has 0 saturated heterocycles. The Hall–Kier alpha value is -2.24. The predicted molar refractivity (Wildman–Crippen MR) is 78.3 cm³/mol. The van der Waals surface area contributed by atoms with Crippen molar-refractivity contribution in [1.82, 2.24) is 0 Å². The topological polar surface area (TPSA) is 109 Å². The van der Waals surface area contributed by atoms with E-state index >= 15 is 0 Å². The lowest BCUT2D eigenvalue weighted by Crippen LogP contribution is -2.32. The molecule has 0 radical (unpaired) electrons. The maximum Gasteiger partial charge on any atom is 0.304 e. The first-order valence-corrected chi connectivity index (χ1v) is 6.93. The Morgan fingerprint density at radius 2 is 1.50 bits per heavy atom. The number of hydrogen-bond donors (Lipinski definition) is 2. The fraction of sp³-hybridized carbons (Fsp3) is 0.500. The van der Waals surface area contributed by atoms with E-state index in [9.17, 15) is 19.2 Å². The van der Waals surface area contributed by atoms with Gasteiger partial charge in [-0.3, -0.25) is 19.2 Å². The third kappa shape index (κ3) is 3.50. The first-order chi connectivity index (χ1) is 9.99. The number of carbonyl (C=O) groups excluding carboxylic acids is 2. The molecule has 1 aliphatic carbocycles. The largest absolute Gasteiger partial charge is 0.481 e. The number of hydrogen-bond acceptors (Lipinski definition) is 4. The Balaban J connectivity index is 3.30. The van der Waals surface area contributed by atoms with Crippen LogP contribution in [0.15, 0.2) is 22.3 Å². The van der Waals surface area contributed by atoms with E-state index in [0.29, 0.717) is 0 Å². The van der Waals surface area contributed by atoms with Crippen molar-refractivity contribution in [3.05, 3.63) is 22.3 Å². The number of ketones is 2. The van der Waals surface area contributed by atoms with E-state index in [1.54, 1.807) is 13.8 Å². The molecule has 0 saturated carbocycles. The van der Waals surface area contributed by atoms with Gasteiger partial charge in [0.1, 0.15) is 0 Å². The maximum absolute atomic E-state index is 12.7. The second kappa shape index (κ2) is 6.25. The van der Waals surface area contributed by atoms with Crippen LogP contribution < -0.4 is 0 Å². The van der Waals surface area contributed by atoms with E-state index in [0.717, 1.165) is 0 Å². The standard InChI is InChI=1S/C16H20O6/c1-8-10(5-6-11(17)18)15(22)13(9(2)14(8)21)16(3,4)7-12(19)20/h5-7H2,1-4H3,(H,17,18)(H,19,20). The van der Waals surface area contributed by atoms with Gasteiger partial charge in [0.05, 0.1) is 6.42 Å². The first kappa shape index (κ1) is 17.8. The predicted octanol–water partition coefficient (Wildman–Crippen LogP) is 2.14. The molecule has 0 aromatic rings. The molecule has 0 unspecified atom stereocenters. The highest BCUT2D eigenvalue weighted by atomic mass is 16.4. The Labute approximate surface area is 128 Å². The van der Waals surface area contributed by atoms with Crippen LogP contribution in [0.2, 0.25) is 0 Å². The summed E-state index contributed by atoms with van der Waals surface area (Å²) >= 11 is 0. The van der Waals surface area contributed by atoms with Gasteiger partial charge < -0.3 is 10.2 Å². The molecule has 22 heavy (non-hydrogen) atoms. The molecule has 2 N–H and O–H groups in total. The summed E-state index contributed by atoms with van der Waals surface area (Å²) in [5, 5.41) is 17.8. The molecule has 120 valence electrons. The van der Waals surface area contributed by atoms with Crippen molar-refractivity contribution < 1.29 is 29.4 Å². The average molecular weight is 308 g/mol. The van der Waals surface area contributed by atoms with Crippen LogP contribution in [0.1, 0.15) is 47.0 Å². The van der Waals surface area contributed by atoms with Crippen LogP contribution in [0.3, 0.4) is 0 Å². The number of allylic oxidation sites excluding steroid dienone is 4. The zero-order valence-electron chi connectivity index (χ0n) is 13.1. The fourth-order valence-electron chi connectivity index (χ4n) is 2.84. The molecule has 0 amide bonds. The summed E-state index contributed by atoms with van der Waals surface area (Å²) in [6, 6.07) is 0. The highest BCUT2D eigenvalue weighted by Gasteiger charge is 2.39. The summed E-state index contributed by atoms with van der Waals surface area (Å²) in [5.41, 5.74) is -0.165. The van der Waals surface area contributed by atoms with Crippen molar-refractivity contribution in [3.8, 4) is 0 Å². The average Bonchev–Trinajstić information content (AvgIpc) is 2.33. The van der Waals surface area contributed by atoms with Gasteiger partial charge in [-0.2, -0.15) is 0 Å². The van der Waals surface area contributed by atoms with Crippen LogP contribution in [-0.2, 0) is 19.2 Å². The van der Waals surface area contributed by atoms with Crippen LogP contribution in [-0.4, -0.2) is 33.7 Å². The van der Waals surface area contributed by atoms with Crippen molar-refractivity contribution in [2.75, 3.05) is 0 Å². The molecule has 6 heteroatoms. The molecule has 0 bridgehead atoms. The SMILES string of the molecule is CC1=C(CCC(=O)O)C(=O)C(C(C)(C)CC(=O)O)=C(C)C1=O. The quantitative estimate of drug-likeness (QED) is 0.728. The van der Waals surface area contributed by atoms with Gasteiger partial charge in [-0.15, -0.1) is 0 Å². The van der Waals surface area contributed by atoms with Gasteiger partial charge in [0.2, 0.25) is 0 Å². The van der Waals surface area contributed by atoms with Crippen molar-refractivity contribution in [2.45, 2.75) is 47.0 Å². The van der Waals surface area contributed by atoms with Crippen LogP contribution in [0, 0.1) is 5.41 Å². The summed E-state index contributed by atoms with van der Waals surface area (Å²) in [6.07, 6.45) is -0.576. The lowest BCUT2D eigenvalue weighted by molar-refractivity contribution is -0.139. The molecular formula is C16H20O6. The summed E-state index contributed by atoms with van der Waals surface area (Å²) in [7, 11) is 0. The summed E-state index contributed by atoms with van der Waals surface area (Å²) in [6.45, 7) is 6.21. The smallest absolute Gasteiger partial charge is 0.304 e. The molecule has 0 aliphatic heterocycles. The van der Waals surface area contributed by atoms with E-state index < -0.39 is 23.1 Å². The Kier molecular flexibility index (Phi) is 5.06. The number of carbonyl (C=O) groups is 4. The summed E-state index contributed by atoms with van der Waals surface area (Å²) in [4.78, 5) is 46.7. The molecule has 1 rings (SSSR count). The van der Waals surface area contributed by atoms with E-state index in [-0.39, 0.29) is 47.3 Å². The molecule has 0 fully saturated rings. The Morgan fingerprint density at radius 1 is 0.955 bits per heavy atom. The Bertz CT molecular complexity index is 619. The van der Waals surface area contributed by atoms with Crippen molar-refractivity contribution in [2.24, 2.45) is 5.41 Å². The lowest BCUT2D eigenvalue weighted by Gasteiger charge is -2.31. The van der Waals surface area contributed by atoms with Crippen molar-refractivity contribution >= 4 is 23.5 Å². The number of Topliss-reactive ketones (excluding diaryl/α,β-unsaturated/α-hetero) is 2. The minimum absolute atomic E-state index is 0.0360. The minimum Gasteiger partial charge on any atom is -0.481 e. The van der Waals surface area contributed by atoms with E-state index in [4.69, 9.17) is 10.2 Å². The van der Waals surface area contributed by atoms with Crippen LogP contribution in [0.4, 0.5) is 0 Å². The molecular weight excluding hydrogens is 288 g/mol. The van der Waals surface area contributed by atoms with Gasteiger partial charge in [-0.05, 0) is 20.3 Å². The van der Waals surface area contributed by atoms with Crippen molar-refractivity contribution in [3.63, 3.8) is 0 Å². The highest BCUT2D eigenvalue weighted by Crippen LogP contribution is 2.39. The molecule has 0 spiro atoms.